The lowest BCUT2D eigenvalue weighted by molar-refractivity contribution is -0.148. The maximum absolute atomic E-state index is 11.9. The lowest BCUT2D eigenvalue weighted by Gasteiger charge is -2.36. The molecule has 1 fully saturated rings. The van der Waals surface area contributed by atoms with Crippen LogP contribution in [-0.2, 0) is 14.3 Å². The highest BCUT2D eigenvalue weighted by Gasteiger charge is 2.29. The van der Waals surface area contributed by atoms with Crippen molar-refractivity contribution in [2.24, 2.45) is 5.92 Å². The third kappa shape index (κ3) is 4.36. The van der Waals surface area contributed by atoms with Crippen molar-refractivity contribution in [3.8, 4) is 0 Å². The second-order valence-corrected chi connectivity index (χ2v) is 4.73. The van der Waals surface area contributed by atoms with Gasteiger partial charge in [-0.15, -0.1) is 0 Å². The zero-order chi connectivity index (χ0) is 14.4. The molecular formula is C12H22N2O5. The summed E-state index contributed by atoms with van der Waals surface area (Å²) in [7, 11) is 2.93. The summed E-state index contributed by atoms with van der Waals surface area (Å²) in [4.78, 5) is 24.3. The highest BCUT2D eigenvalue weighted by molar-refractivity contribution is 5.77. The fourth-order valence-corrected chi connectivity index (χ4v) is 2.09. The molecule has 0 aromatic heterocycles. The van der Waals surface area contributed by atoms with Gasteiger partial charge in [0.25, 0.3) is 0 Å². The summed E-state index contributed by atoms with van der Waals surface area (Å²) in [5, 5.41) is 11.4. The first kappa shape index (κ1) is 15.7. The number of piperidine rings is 1. The first-order chi connectivity index (χ1) is 8.99. The van der Waals surface area contributed by atoms with E-state index in [9.17, 15) is 9.59 Å². The van der Waals surface area contributed by atoms with E-state index < -0.39 is 12.1 Å². The van der Waals surface area contributed by atoms with E-state index in [4.69, 9.17) is 14.6 Å². The molecular weight excluding hydrogens is 252 g/mol. The number of rotatable bonds is 5. The van der Waals surface area contributed by atoms with Gasteiger partial charge in [-0.3, -0.25) is 0 Å². The lowest BCUT2D eigenvalue weighted by atomic mass is 9.96. The molecule has 0 aromatic carbocycles. The zero-order valence-electron chi connectivity index (χ0n) is 11.6. The SMILES string of the molecule is COC(CNC(=O)N1CCC(C)C(OC)C1)C(=O)O. The van der Waals surface area contributed by atoms with Crippen LogP contribution in [0.3, 0.4) is 0 Å². The topological polar surface area (TPSA) is 88.1 Å². The Morgan fingerprint density at radius 2 is 2.16 bits per heavy atom. The Morgan fingerprint density at radius 3 is 2.68 bits per heavy atom. The number of ether oxygens (including phenoxy) is 2. The molecule has 1 aliphatic rings. The van der Waals surface area contributed by atoms with Gasteiger partial charge in [-0.05, 0) is 12.3 Å². The molecule has 110 valence electrons. The molecule has 0 radical (unpaired) electrons. The molecule has 0 spiro atoms. The van der Waals surface area contributed by atoms with Crippen LogP contribution in [0, 0.1) is 5.92 Å². The van der Waals surface area contributed by atoms with E-state index in [1.807, 2.05) is 0 Å². The zero-order valence-corrected chi connectivity index (χ0v) is 11.6. The van der Waals surface area contributed by atoms with Crippen molar-refractivity contribution in [1.29, 1.82) is 0 Å². The van der Waals surface area contributed by atoms with E-state index >= 15 is 0 Å². The van der Waals surface area contributed by atoms with Crippen LogP contribution in [0.1, 0.15) is 13.3 Å². The van der Waals surface area contributed by atoms with E-state index in [2.05, 4.69) is 12.2 Å². The number of aliphatic carboxylic acids is 1. The summed E-state index contributed by atoms with van der Waals surface area (Å²) in [5.74, 6) is -0.676. The summed E-state index contributed by atoms with van der Waals surface area (Å²) in [6, 6.07) is -0.280. The van der Waals surface area contributed by atoms with Gasteiger partial charge in [0.15, 0.2) is 6.10 Å². The summed E-state index contributed by atoms with van der Waals surface area (Å²) in [6.45, 7) is 3.22. The maximum Gasteiger partial charge on any atom is 0.334 e. The number of likely N-dealkylation sites (tertiary alicyclic amines) is 1. The van der Waals surface area contributed by atoms with Crippen LogP contribution in [0.25, 0.3) is 0 Å². The molecule has 1 aliphatic heterocycles. The molecule has 0 bridgehead atoms. The van der Waals surface area contributed by atoms with Gasteiger partial charge in [-0.25, -0.2) is 9.59 Å². The van der Waals surface area contributed by atoms with Crippen LogP contribution in [0.4, 0.5) is 4.79 Å². The molecule has 0 aromatic rings. The number of carboxylic acids is 1. The normalized spacial score (nSPS) is 24.9. The Labute approximate surface area is 112 Å². The number of methoxy groups -OCH3 is 2. The first-order valence-electron chi connectivity index (χ1n) is 6.30. The number of hydrogen-bond acceptors (Lipinski definition) is 4. The maximum atomic E-state index is 11.9. The van der Waals surface area contributed by atoms with Crippen molar-refractivity contribution in [2.75, 3.05) is 33.9 Å². The van der Waals surface area contributed by atoms with Crippen LogP contribution in [0.15, 0.2) is 0 Å². The fourth-order valence-electron chi connectivity index (χ4n) is 2.09. The van der Waals surface area contributed by atoms with Crippen LogP contribution >= 0.6 is 0 Å². The minimum atomic E-state index is -1.09. The Bertz CT molecular complexity index is 323. The average Bonchev–Trinajstić information content (AvgIpc) is 2.39. The molecule has 1 saturated heterocycles. The van der Waals surface area contributed by atoms with Crippen molar-refractivity contribution in [3.05, 3.63) is 0 Å². The van der Waals surface area contributed by atoms with Gasteiger partial charge in [0.1, 0.15) is 0 Å². The molecule has 2 N–H and O–H groups in total. The Balaban J connectivity index is 2.43. The van der Waals surface area contributed by atoms with Crippen LogP contribution < -0.4 is 5.32 Å². The molecule has 19 heavy (non-hydrogen) atoms. The molecule has 2 amide bonds. The Kier molecular flexibility index (Phi) is 6.04. The summed E-state index contributed by atoms with van der Waals surface area (Å²) < 4.78 is 10.1. The number of carbonyl (C=O) groups excluding carboxylic acids is 1. The highest BCUT2D eigenvalue weighted by Crippen LogP contribution is 2.19. The van der Waals surface area contributed by atoms with E-state index in [-0.39, 0.29) is 18.7 Å². The Morgan fingerprint density at radius 1 is 1.47 bits per heavy atom. The fraction of sp³-hybridized carbons (Fsp3) is 0.833. The third-order valence-electron chi connectivity index (χ3n) is 3.48. The molecule has 0 saturated carbocycles. The van der Waals surface area contributed by atoms with E-state index in [1.54, 1.807) is 12.0 Å². The van der Waals surface area contributed by atoms with Gasteiger partial charge in [-0.2, -0.15) is 0 Å². The largest absolute Gasteiger partial charge is 0.479 e. The minimum Gasteiger partial charge on any atom is -0.479 e. The number of nitrogens with zero attached hydrogens (tertiary/aromatic N) is 1. The molecule has 0 aliphatic carbocycles. The van der Waals surface area contributed by atoms with Crippen molar-refractivity contribution in [3.63, 3.8) is 0 Å². The highest BCUT2D eigenvalue weighted by atomic mass is 16.5. The van der Waals surface area contributed by atoms with Crippen molar-refractivity contribution in [1.82, 2.24) is 10.2 Å². The predicted molar refractivity (Wildman–Crippen MR) is 68.0 cm³/mol. The number of nitrogens with one attached hydrogen (secondary N) is 1. The van der Waals surface area contributed by atoms with E-state index in [0.717, 1.165) is 6.42 Å². The molecule has 7 heteroatoms. The van der Waals surface area contributed by atoms with Gasteiger partial charge in [0.2, 0.25) is 0 Å². The van der Waals surface area contributed by atoms with Crippen molar-refractivity contribution < 1.29 is 24.2 Å². The molecule has 3 unspecified atom stereocenters. The number of amides is 2. The quantitative estimate of drug-likeness (QED) is 0.745. The van der Waals surface area contributed by atoms with E-state index in [0.29, 0.717) is 19.0 Å². The predicted octanol–water partition coefficient (Wildman–Crippen LogP) is 0.152. The molecule has 7 nitrogen and oxygen atoms in total. The minimum absolute atomic E-state index is 0.0252. The van der Waals surface area contributed by atoms with Gasteiger partial charge >= 0.3 is 12.0 Å². The molecule has 1 heterocycles. The Hall–Kier alpha value is -1.34. The molecule has 1 rings (SSSR count). The second-order valence-electron chi connectivity index (χ2n) is 4.73. The van der Waals surface area contributed by atoms with Crippen molar-refractivity contribution in [2.45, 2.75) is 25.6 Å². The van der Waals surface area contributed by atoms with Gasteiger partial charge in [0, 0.05) is 27.3 Å². The number of carbonyl (C=O) groups is 2. The van der Waals surface area contributed by atoms with Gasteiger partial charge < -0.3 is 24.8 Å². The number of carboxylic acid groups (broad SMARTS) is 1. The van der Waals surface area contributed by atoms with Gasteiger partial charge in [0.05, 0.1) is 12.6 Å². The monoisotopic (exact) mass is 274 g/mol. The van der Waals surface area contributed by atoms with Gasteiger partial charge in [-0.1, -0.05) is 6.92 Å². The van der Waals surface area contributed by atoms with Crippen LogP contribution in [0.2, 0.25) is 0 Å². The van der Waals surface area contributed by atoms with E-state index in [1.165, 1.54) is 7.11 Å². The standard InChI is InChI=1S/C12H22N2O5/c1-8-4-5-14(7-10(8)19-3)12(17)13-6-9(18-2)11(15)16/h8-10H,4-7H2,1-3H3,(H,13,17)(H,15,16). The first-order valence-corrected chi connectivity index (χ1v) is 6.30. The third-order valence-corrected chi connectivity index (χ3v) is 3.48. The average molecular weight is 274 g/mol. The lowest BCUT2D eigenvalue weighted by Crippen LogP contribution is -2.51. The molecule has 3 atom stereocenters. The second kappa shape index (κ2) is 7.30. The summed E-state index contributed by atoms with van der Waals surface area (Å²) >= 11 is 0. The van der Waals surface area contributed by atoms with Crippen molar-refractivity contribution >= 4 is 12.0 Å². The summed E-state index contributed by atoms with van der Waals surface area (Å²) in [6.07, 6.45) is -0.124. The van der Waals surface area contributed by atoms with Crippen LogP contribution in [0.5, 0.6) is 0 Å². The number of hydrogen-bond donors (Lipinski definition) is 2. The smallest absolute Gasteiger partial charge is 0.334 e. The number of urea groups is 1. The summed E-state index contributed by atoms with van der Waals surface area (Å²) in [5.41, 5.74) is 0. The van der Waals surface area contributed by atoms with Crippen LogP contribution in [-0.4, -0.2) is 68.1 Å².